The maximum Gasteiger partial charge on any atom is 0.146 e. The number of pyridine rings is 1. The van der Waals surface area contributed by atoms with Gasteiger partial charge in [0.05, 0.1) is 18.4 Å². The molecule has 0 bridgehead atoms. The highest BCUT2D eigenvalue weighted by Crippen LogP contribution is 2.30. The summed E-state index contributed by atoms with van der Waals surface area (Å²) in [6, 6.07) is 14.9. The van der Waals surface area contributed by atoms with Gasteiger partial charge in [0.25, 0.3) is 0 Å². The van der Waals surface area contributed by atoms with E-state index in [4.69, 9.17) is 4.74 Å². The van der Waals surface area contributed by atoms with Crippen molar-refractivity contribution in [2.24, 2.45) is 0 Å². The summed E-state index contributed by atoms with van der Waals surface area (Å²) in [4.78, 5) is 12.0. The van der Waals surface area contributed by atoms with Crippen molar-refractivity contribution in [2.45, 2.75) is 25.8 Å². The fraction of sp³-hybridized carbons (Fsp3) is 0.478. The number of rotatable bonds is 4. The van der Waals surface area contributed by atoms with E-state index in [2.05, 4.69) is 37.9 Å². The Labute approximate surface area is 173 Å². The number of benzene rings is 1. The van der Waals surface area contributed by atoms with Crippen LogP contribution in [0.3, 0.4) is 0 Å². The SMILES string of the molecule is COc1ccccc1N1CCN([C@@H]2CCCN(c3nc(C)ccc3C#N)C2)CC1. The third-order valence-corrected chi connectivity index (χ3v) is 6.09. The molecule has 1 aromatic carbocycles. The lowest BCUT2D eigenvalue weighted by Crippen LogP contribution is -2.55. The molecule has 2 saturated heterocycles. The number of para-hydroxylation sites is 2. The summed E-state index contributed by atoms with van der Waals surface area (Å²) in [5.74, 6) is 1.80. The molecule has 1 aromatic heterocycles. The zero-order chi connectivity index (χ0) is 20.2. The number of anilines is 2. The number of piperidine rings is 1. The molecule has 0 unspecified atom stereocenters. The fourth-order valence-electron chi connectivity index (χ4n) is 4.54. The van der Waals surface area contributed by atoms with Gasteiger partial charge in [-0.2, -0.15) is 5.26 Å². The highest BCUT2D eigenvalue weighted by molar-refractivity contribution is 5.58. The van der Waals surface area contributed by atoms with Gasteiger partial charge in [0, 0.05) is 51.0 Å². The Hall–Kier alpha value is -2.78. The third-order valence-electron chi connectivity index (χ3n) is 6.09. The van der Waals surface area contributed by atoms with E-state index in [0.717, 1.165) is 63.0 Å². The summed E-state index contributed by atoms with van der Waals surface area (Å²) in [6.07, 6.45) is 2.34. The van der Waals surface area contributed by atoms with Crippen LogP contribution in [-0.2, 0) is 0 Å². The number of aryl methyl sites for hydroxylation is 1. The van der Waals surface area contributed by atoms with Crippen molar-refractivity contribution < 1.29 is 4.74 Å². The first-order valence-corrected chi connectivity index (χ1v) is 10.4. The van der Waals surface area contributed by atoms with Gasteiger partial charge < -0.3 is 14.5 Å². The highest BCUT2D eigenvalue weighted by atomic mass is 16.5. The lowest BCUT2D eigenvalue weighted by atomic mass is 10.0. The van der Waals surface area contributed by atoms with Crippen LogP contribution in [0.15, 0.2) is 36.4 Å². The predicted molar refractivity (Wildman–Crippen MR) is 116 cm³/mol. The zero-order valence-corrected chi connectivity index (χ0v) is 17.3. The van der Waals surface area contributed by atoms with E-state index in [1.165, 1.54) is 12.1 Å². The van der Waals surface area contributed by atoms with Gasteiger partial charge in [-0.05, 0) is 44.0 Å². The standard InChI is InChI=1S/C23H29N5O/c1-18-9-10-19(16-24)23(25-18)28-11-5-6-20(17-28)26-12-14-27(15-13-26)21-7-3-4-8-22(21)29-2/h3-4,7-10,20H,5-6,11-15,17H2,1-2H3/t20-/m1/s1. The van der Waals surface area contributed by atoms with Crippen molar-refractivity contribution in [3.05, 3.63) is 47.7 Å². The van der Waals surface area contributed by atoms with Crippen LogP contribution >= 0.6 is 0 Å². The lowest BCUT2D eigenvalue weighted by molar-refractivity contribution is 0.166. The normalized spacial score (nSPS) is 20.4. The van der Waals surface area contributed by atoms with Crippen LogP contribution in [0.2, 0.25) is 0 Å². The number of piperazine rings is 1. The Bertz CT molecular complexity index is 885. The van der Waals surface area contributed by atoms with E-state index < -0.39 is 0 Å². The van der Waals surface area contributed by atoms with Gasteiger partial charge in [-0.15, -0.1) is 0 Å². The largest absolute Gasteiger partial charge is 0.495 e. The van der Waals surface area contributed by atoms with Gasteiger partial charge in [-0.3, -0.25) is 4.90 Å². The second-order valence-electron chi connectivity index (χ2n) is 7.87. The smallest absolute Gasteiger partial charge is 0.146 e. The molecule has 2 aliphatic rings. The first-order chi connectivity index (χ1) is 14.2. The molecule has 4 rings (SSSR count). The molecule has 152 valence electrons. The number of nitrogens with zero attached hydrogens (tertiary/aromatic N) is 5. The minimum Gasteiger partial charge on any atom is -0.495 e. The van der Waals surface area contributed by atoms with Crippen LogP contribution in [0.25, 0.3) is 0 Å². The molecule has 2 aliphatic heterocycles. The Morgan fingerprint density at radius 1 is 1.03 bits per heavy atom. The summed E-state index contributed by atoms with van der Waals surface area (Å²) >= 11 is 0. The van der Waals surface area contributed by atoms with E-state index in [0.29, 0.717) is 11.6 Å². The Kier molecular flexibility index (Phi) is 5.86. The average molecular weight is 392 g/mol. The van der Waals surface area contributed by atoms with Crippen molar-refractivity contribution in [1.82, 2.24) is 9.88 Å². The second-order valence-corrected chi connectivity index (χ2v) is 7.87. The van der Waals surface area contributed by atoms with E-state index in [-0.39, 0.29) is 0 Å². The van der Waals surface area contributed by atoms with Crippen molar-refractivity contribution in [3.8, 4) is 11.8 Å². The minimum absolute atomic E-state index is 0.512. The van der Waals surface area contributed by atoms with Gasteiger partial charge in [-0.1, -0.05) is 12.1 Å². The van der Waals surface area contributed by atoms with Gasteiger partial charge in [0.2, 0.25) is 0 Å². The third kappa shape index (κ3) is 4.15. The van der Waals surface area contributed by atoms with Crippen molar-refractivity contribution in [1.29, 1.82) is 5.26 Å². The molecule has 2 aromatic rings. The van der Waals surface area contributed by atoms with Crippen LogP contribution in [0, 0.1) is 18.3 Å². The molecule has 0 N–H and O–H groups in total. The van der Waals surface area contributed by atoms with Crippen LogP contribution in [0.4, 0.5) is 11.5 Å². The molecule has 29 heavy (non-hydrogen) atoms. The first-order valence-electron chi connectivity index (χ1n) is 10.4. The predicted octanol–water partition coefficient (Wildman–Crippen LogP) is 3.06. The zero-order valence-electron chi connectivity index (χ0n) is 17.3. The summed E-state index contributed by atoms with van der Waals surface area (Å²) in [6.45, 7) is 8.00. The second kappa shape index (κ2) is 8.71. The van der Waals surface area contributed by atoms with Crippen LogP contribution in [0.1, 0.15) is 24.1 Å². The summed E-state index contributed by atoms with van der Waals surface area (Å²) < 4.78 is 5.54. The van der Waals surface area contributed by atoms with Gasteiger partial charge >= 0.3 is 0 Å². The average Bonchev–Trinajstić information content (AvgIpc) is 2.79. The Morgan fingerprint density at radius 3 is 2.59 bits per heavy atom. The lowest BCUT2D eigenvalue weighted by Gasteiger charge is -2.44. The monoisotopic (exact) mass is 391 g/mol. The van der Waals surface area contributed by atoms with E-state index in [9.17, 15) is 5.26 Å². The molecular formula is C23H29N5O. The number of hydrogen-bond donors (Lipinski definition) is 0. The summed E-state index contributed by atoms with van der Waals surface area (Å²) in [7, 11) is 1.74. The summed E-state index contributed by atoms with van der Waals surface area (Å²) in [5.41, 5.74) is 2.83. The number of ether oxygens (including phenoxy) is 1. The van der Waals surface area contributed by atoms with E-state index in [1.807, 2.05) is 31.2 Å². The van der Waals surface area contributed by atoms with Crippen molar-refractivity contribution >= 4 is 11.5 Å². The number of hydrogen-bond acceptors (Lipinski definition) is 6. The molecule has 1 atom stereocenters. The molecular weight excluding hydrogens is 362 g/mol. The van der Waals surface area contributed by atoms with Crippen molar-refractivity contribution in [3.63, 3.8) is 0 Å². The summed E-state index contributed by atoms with van der Waals surface area (Å²) in [5, 5.41) is 9.49. The highest BCUT2D eigenvalue weighted by Gasteiger charge is 2.30. The molecule has 6 heteroatoms. The van der Waals surface area contributed by atoms with E-state index in [1.54, 1.807) is 7.11 Å². The fourth-order valence-corrected chi connectivity index (χ4v) is 4.54. The molecule has 2 fully saturated rings. The quantitative estimate of drug-likeness (QED) is 0.798. The number of nitriles is 1. The minimum atomic E-state index is 0.512. The molecule has 0 saturated carbocycles. The van der Waals surface area contributed by atoms with Gasteiger partial charge in [-0.25, -0.2) is 4.98 Å². The molecule has 3 heterocycles. The van der Waals surface area contributed by atoms with Gasteiger partial charge in [0.15, 0.2) is 0 Å². The van der Waals surface area contributed by atoms with Gasteiger partial charge in [0.1, 0.15) is 17.6 Å². The maximum absolute atomic E-state index is 9.49. The van der Waals surface area contributed by atoms with Crippen molar-refractivity contribution in [2.75, 3.05) is 56.2 Å². The molecule has 6 nitrogen and oxygen atoms in total. The Morgan fingerprint density at radius 2 is 1.83 bits per heavy atom. The van der Waals surface area contributed by atoms with E-state index >= 15 is 0 Å². The molecule has 0 aliphatic carbocycles. The van der Waals surface area contributed by atoms with Crippen LogP contribution < -0.4 is 14.5 Å². The molecule has 0 amide bonds. The number of aromatic nitrogens is 1. The van der Waals surface area contributed by atoms with Crippen LogP contribution in [0.5, 0.6) is 5.75 Å². The Balaban J connectivity index is 1.42. The molecule has 0 radical (unpaired) electrons. The topological polar surface area (TPSA) is 55.6 Å². The molecule has 0 spiro atoms. The van der Waals surface area contributed by atoms with Crippen LogP contribution in [-0.4, -0.2) is 62.3 Å². The number of methoxy groups -OCH3 is 1. The first kappa shape index (κ1) is 19.5. The maximum atomic E-state index is 9.49.